The molecule has 0 bridgehead atoms. The summed E-state index contributed by atoms with van der Waals surface area (Å²) in [5.41, 5.74) is 0. The van der Waals surface area contributed by atoms with Crippen LogP contribution in [0.1, 0.15) is 12.8 Å². The molecule has 0 aromatic heterocycles. The molecule has 1 nitrogen and oxygen atoms in total. The molecule has 0 atom stereocenters. The van der Waals surface area contributed by atoms with Crippen LogP contribution >= 0.6 is 15.9 Å². The van der Waals surface area contributed by atoms with Gasteiger partial charge in [-0.2, -0.15) is 0 Å². The Morgan fingerprint density at radius 3 is 2.67 bits per heavy atom. The zero-order valence-corrected chi connectivity index (χ0v) is 7.52. The lowest BCUT2D eigenvalue weighted by Crippen LogP contribution is -2.22. The third-order valence-corrected chi connectivity index (χ3v) is 2.09. The van der Waals surface area contributed by atoms with Crippen molar-refractivity contribution < 1.29 is 0 Å². The van der Waals surface area contributed by atoms with Crippen molar-refractivity contribution in [3.8, 4) is 0 Å². The van der Waals surface area contributed by atoms with Crippen LogP contribution in [0.2, 0.25) is 0 Å². The lowest BCUT2D eigenvalue weighted by molar-refractivity contribution is 0.341. The standard InChI is InChI=1S/C7H14BrN/c1-9(5-4-8)6-7-2-3-7/h7H,2-6H2,1H3. The summed E-state index contributed by atoms with van der Waals surface area (Å²) in [6.45, 7) is 2.50. The Morgan fingerprint density at radius 2 is 2.22 bits per heavy atom. The Balaban J connectivity index is 1.95. The summed E-state index contributed by atoms with van der Waals surface area (Å²) in [7, 11) is 2.19. The van der Waals surface area contributed by atoms with Crippen LogP contribution in [-0.2, 0) is 0 Å². The molecular formula is C7H14BrN. The molecule has 2 heteroatoms. The molecular weight excluding hydrogens is 178 g/mol. The largest absolute Gasteiger partial charge is 0.305 e. The van der Waals surface area contributed by atoms with E-state index in [4.69, 9.17) is 0 Å². The van der Waals surface area contributed by atoms with E-state index in [1.807, 2.05) is 0 Å². The second-order valence-electron chi connectivity index (χ2n) is 2.89. The molecule has 0 radical (unpaired) electrons. The fourth-order valence-electron chi connectivity index (χ4n) is 0.977. The smallest absolute Gasteiger partial charge is 0.0159 e. The van der Waals surface area contributed by atoms with E-state index >= 15 is 0 Å². The molecule has 0 amide bonds. The first-order chi connectivity index (χ1) is 4.33. The monoisotopic (exact) mass is 191 g/mol. The average Bonchev–Trinajstić information content (AvgIpc) is 2.50. The second-order valence-corrected chi connectivity index (χ2v) is 3.69. The predicted octanol–water partition coefficient (Wildman–Crippen LogP) is 1.72. The molecule has 0 aromatic rings. The summed E-state index contributed by atoms with van der Waals surface area (Å²) in [6, 6.07) is 0. The molecule has 54 valence electrons. The van der Waals surface area contributed by atoms with Gasteiger partial charge in [0.25, 0.3) is 0 Å². The predicted molar refractivity (Wildman–Crippen MR) is 44.0 cm³/mol. The summed E-state index contributed by atoms with van der Waals surface area (Å²) in [5.74, 6) is 1.04. The van der Waals surface area contributed by atoms with Crippen LogP contribution in [0.25, 0.3) is 0 Å². The van der Waals surface area contributed by atoms with Crippen LogP contribution < -0.4 is 0 Å². The van der Waals surface area contributed by atoms with Crippen LogP contribution in [0.15, 0.2) is 0 Å². The van der Waals surface area contributed by atoms with Gasteiger partial charge in [-0.05, 0) is 25.8 Å². The van der Waals surface area contributed by atoms with Gasteiger partial charge in [0.05, 0.1) is 0 Å². The van der Waals surface area contributed by atoms with Crippen LogP contribution in [0.3, 0.4) is 0 Å². The maximum Gasteiger partial charge on any atom is 0.0159 e. The molecule has 1 fully saturated rings. The van der Waals surface area contributed by atoms with Crippen molar-refractivity contribution >= 4 is 15.9 Å². The minimum absolute atomic E-state index is 1.04. The molecule has 0 unspecified atom stereocenters. The Morgan fingerprint density at radius 1 is 1.56 bits per heavy atom. The van der Waals surface area contributed by atoms with Crippen molar-refractivity contribution in [1.82, 2.24) is 4.90 Å². The van der Waals surface area contributed by atoms with E-state index in [0.717, 1.165) is 11.2 Å². The number of alkyl halides is 1. The Hall–Kier alpha value is 0.440. The van der Waals surface area contributed by atoms with E-state index in [-0.39, 0.29) is 0 Å². The molecule has 1 saturated carbocycles. The molecule has 1 aliphatic rings. The Labute approximate surface area is 65.6 Å². The van der Waals surface area contributed by atoms with Gasteiger partial charge in [0, 0.05) is 18.4 Å². The first-order valence-electron chi connectivity index (χ1n) is 3.57. The van der Waals surface area contributed by atoms with Crippen LogP contribution in [0, 0.1) is 5.92 Å². The van der Waals surface area contributed by atoms with Gasteiger partial charge in [-0.15, -0.1) is 0 Å². The highest BCUT2D eigenvalue weighted by Gasteiger charge is 2.22. The lowest BCUT2D eigenvalue weighted by atomic mass is 10.4. The van der Waals surface area contributed by atoms with Gasteiger partial charge >= 0.3 is 0 Å². The van der Waals surface area contributed by atoms with Crippen molar-refractivity contribution in [2.24, 2.45) is 5.92 Å². The van der Waals surface area contributed by atoms with Crippen molar-refractivity contribution in [3.05, 3.63) is 0 Å². The first-order valence-corrected chi connectivity index (χ1v) is 4.69. The van der Waals surface area contributed by atoms with Gasteiger partial charge in [-0.25, -0.2) is 0 Å². The Bertz CT molecular complexity index is 81.0. The number of nitrogens with zero attached hydrogens (tertiary/aromatic N) is 1. The highest BCUT2D eigenvalue weighted by Crippen LogP contribution is 2.29. The van der Waals surface area contributed by atoms with Gasteiger partial charge in [0.1, 0.15) is 0 Å². The number of hydrogen-bond donors (Lipinski definition) is 0. The normalized spacial score (nSPS) is 19.0. The summed E-state index contributed by atoms with van der Waals surface area (Å²) >= 11 is 3.42. The number of rotatable bonds is 4. The first kappa shape index (κ1) is 7.55. The highest BCUT2D eigenvalue weighted by atomic mass is 79.9. The quantitative estimate of drug-likeness (QED) is 0.613. The van der Waals surface area contributed by atoms with E-state index in [9.17, 15) is 0 Å². The minimum Gasteiger partial charge on any atom is -0.305 e. The van der Waals surface area contributed by atoms with Gasteiger partial charge in [0.2, 0.25) is 0 Å². The molecule has 0 spiro atoms. The summed E-state index contributed by atoms with van der Waals surface area (Å²) < 4.78 is 0. The van der Waals surface area contributed by atoms with Gasteiger partial charge in [0.15, 0.2) is 0 Å². The average molecular weight is 192 g/mol. The van der Waals surface area contributed by atoms with E-state index in [2.05, 4.69) is 27.9 Å². The topological polar surface area (TPSA) is 3.24 Å². The molecule has 0 heterocycles. The molecule has 0 aliphatic heterocycles. The maximum atomic E-state index is 3.42. The van der Waals surface area contributed by atoms with Crippen molar-refractivity contribution in [1.29, 1.82) is 0 Å². The van der Waals surface area contributed by atoms with Crippen molar-refractivity contribution in [2.75, 3.05) is 25.5 Å². The minimum atomic E-state index is 1.04. The summed E-state index contributed by atoms with van der Waals surface area (Å²) in [4.78, 5) is 2.40. The molecule has 0 saturated heterocycles. The fourth-order valence-corrected chi connectivity index (χ4v) is 1.58. The second kappa shape index (κ2) is 3.57. The van der Waals surface area contributed by atoms with Crippen molar-refractivity contribution in [2.45, 2.75) is 12.8 Å². The van der Waals surface area contributed by atoms with Crippen LogP contribution in [0.5, 0.6) is 0 Å². The summed E-state index contributed by atoms with van der Waals surface area (Å²) in [5, 5.41) is 1.11. The van der Waals surface area contributed by atoms with Gasteiger partial charge in [-0.3, -0.25) is 0 Å². The maximum absolute atomic E-state index is 3.42. The third-order valence-electron chi connectivity index (χ3n) is 1.73. The number of halogens is 1. The molecule has 0 aromatic carbocycles. The van der Waals surface area contributed by atoms with Crippen molar-refractivity contribution in [3.63, 3.8) is 0 Å². The molecule has 9 heavy (non-hydrogen) atoms. The Kier molecular flexibility index (Phi) is 2.99. The fraction of sp³-hybridized carbons (Fsp3) is 1.00. The van der Waals surface area contributed by atoms with Gasteiger partial charge in [-0.1, -0.05) is 15.9 Å². The van der Waals surface area contributed by atoms with E-state index in [0.29, 0.717) is 0 Å². The molecule has 1 rings (SSSR count). The molecule has 0 N–H and O–H groups in total. The zero-order chi connectivity index (χ0) is 6.69. The van der Waals surface area contributed by atoms with E-state index < -0.39 is 0 Å². The highest BCUT2D eigenvalue weighted by molar-refractivity contribution is 9.09. The van der Waals surface area contributed by atoms with Crippen LogP contribution in [-0.4, -0.2) is 30.4 Å². The van der Waals surface area contributed by atoms with Crippen LogP contribution in [0.4, 0.5) is 0 Å². The van der Waals surface area contributed by atoms with Gasteiger partial charge < -0.3 is 4.90 Å². The lowest BCUT2D eigenvalue weighted by Gasteiger charge is -2.13. The van der Waals surface area contributed by atoms with E-state index in [1.54, 1.807) is 0 Å². The molecule has 1 aliphatic carbocycles. The van der Waals surface area contributed by atoms with E-state index in [1.165, 1.54) is 25.9 Å². The summed E-state index contributed by atoms with van der Waals surface area (Å²) in [6.07, 6.45) is 2.93. The third kappa shape index (κ3) is 3.21. The zero-order valence-electron chi connectivity index (χ0n) is 5.94. The SMILES string of the molecule is CN(CCBr)CC1CC1. The number of hydrogen-bond acceptors (Lipinski definition) is 1.